The van der Waals surface area contributed by atoms with Gasteiger partial charge in [-0.25, -0.2) is 4.39 Å². The number of benzene rings is 1. The zero-order chi connectivity index (χ0) is 10.7. The van der Waals surface area contributed by atoms with Crippen LogP contribution in [0.4, 0.5) is 4.39 Å². The Labute approximate surface area is 94.2 Å². The van der Waals surface area contributed by atoms with Crippen LogP contribution in [0, 0.1) is 5.82 Å². The van der Waals surface area contributed by atoms with E-state index in [1.807, 2.05) is 6.07 Å². The number of thioether (sulfide) groups is 1. The monoisotopic (exact) mass is 225 g/mol. The van der Waals surface area contributed by atoms with E-state index in [1.165, 1.54) is 6.07 Å². The second kappa shape index (κ2) is 4.99. The molecule has 0 aliphatic heterocycles. The van der Waals surface area contributed by atoms with Crippen LogP contribution < -0.4 is 5.73 Å². The van der Waals surface area contributed by atoms with Crippen molar-refractivity contribution < 1.29 is 4.39 Å². The van der Waals surface area contributed by atoms with Gasteiger partial charge < -0.3 is 5.73 Å². The lowest BCUT2D eigenvalue weighted by Gasteiger charge is -2.25. The van der Waals surface area contributed by atoms with E-state index in [0.717, 1.165) is 30.6 Å². The van der Waals surface area contributed by atoms with E-state index in [2.05, 4.69) is 0 Å². The fourth-order valence-corrected chi connectivity index (χ4v) is 3.17. The first-order chi connectivity index (χ1) is 7.24. The molecule has 2 rings (SSSR count). The summed E-state index contributed by atoms with van der Waals surface area (Å²) in [4.78, 5) is 1.04. The summed E-state index contributed by atoms with van der Waals surface area (Å²) < 4.78 is 13.0. The zero-order valence-electron chi connectivity index (χ0n) is 8.66. The predicted molar refractivity (Wildman–Crippen MR) is 62.5 cm³/mol. The smallest absolute Gasteiger partial charge is 0.124 e. The van der Waals surface area contributed by atoms with Crippen LogP contribution in [0.25, 0.3) is 0 Å². The van der Waals surface area contributed by atoms with Gasteiger partial charge in [0, 0.05) is 16.2 Å². The summed E-state index contributed by atoms with van der Waals surface area (Å²) in [6, 6.07) is 7.23. The highest BCUT2D eigenvalue weighted by atomic mass is 32.2. The molecule has 82 valence electrons. The summed E-state index contributed by atoms with van der Waals surface area (Å²) in [5.74, 6) is -0.146. The Balaban J connectivity index is 1.92. The highest BCUT2D eigenvalue weighted by Crippen LogP contribution is 2.33. The fourth-order valence-electron chi connectivity index (χ4n) is 1.94. The second-order valence-corrected chi connectivity index (χ2v) is 5.49. The van der Waals surface area contributed by atoms with Crippen molar-refractivity contribution in [3.05, 3.63) is 30.1 Å². The molecule has 0 heterocycles. The third-order valence-corrected chi connectivity index (χ3v) is 4.15. The minimum atomic E-state index is -0.146. The Morgan fingerprint density at radius 2 is 1.93 bits per heavy atom. The molecule has 1 fully saturated rings. The minimum Gasteiger partial charge on any atom is -0.328 e. The van der Waals surface area contributed by atoms with E-state index in [4.69, 9.17) is 5.73 Å². The van der Waals surface area contributed by atoms with E-state index in [1.54, 1.807) is 23.9 Å². The molecule has 1 aromatic carbocycles. The maximum absolute atomic E-state index is 13.0. The fraction of sp³-hybridized carbons (Fsp3) is 0.500. The van der Waals surface area contributed by atoms with E-state index in [-0.39, 0.29) is 5.82 Å². The van der Waals surface area contributed by atoms with Gasteiger partial charge in [-0.05, 0) is 43.9 Å². The van der Waals surface area contributed by atoms with Gasteiger partial charge in [0.15, 0.2) is 0 Å². The van der Waals surface area contributed by atoms with Crippen LogP contribution in [0.1, 0.15) is 25.7 Å². The van der Waals surface area contributed by atoms with Gasteiger partial charge in [0.2, 0.25) is 0 Å². The SMILES string of the molecule is NC1CCC(Sc2cccc(F)c2)CC1. The van der Waals surface area contributed by atoms with E-state index in [0.29, 0.717) is 11.3 Å². The zero-order valence-corrected chi connectivity index (χ0v) is 9.47. The molecule has 0 unspecified atom stereocenters. The molecule has 0 radical (unpaired) electrons. The summed E-state index contributed by atoms with van der Waals surface area (Å²) in [5.41, 5.74) is 5.85. The molecule has 0 atom stereocenters. The second-order valence-electron chi connectivity index (χ2n) is 4.11. The molecule has 0 saturated heterocycles. The molecule has 0 spiro atoms. The quantitative estimate of drug-likeness (QED) is 0.836. The molecule has 2 N–H and O–H groups in total. The Bertz CT molecular complexity index is 321. The lowest BCUT2D eigenvalue weighted by Crippen LogP contribution is -2.27. The molecule has 1 saturated carbocycles. The highest BCUT2D eigenvalue weighted by Gasteiger charge is 2.19. The summed E-state index contributed by atoms with van der Waals surface area (Å²) in [7, 11) is 0. The molecule has 1 aliphatic carbocycles. The predicted octanol–water partition coefficient (Wildman–Crippen LogP) is 3.19. The van der Waals surface area contributed by atoms with Gasteiger partial charge >= 0.3 is 0 Å². The first-order valence-electron chi connectivity index (χ1n) is 5.42. The van der Waals surface area contributed by atoms with Crippen LogP contribution in [-0.2, 0) is 0 Å². The Hall–Kier alpha value is -0.540. The standard InChI is InChI=1S/C12H16FNS/c13-9-2-1-3-12(8-9)15-11-6-4-10(14)5-7-11/h1-3,8,10-11H,4-7,14H2. The van der Waals surface area contributed by atoms with E-state index < -0.39 is 0 Å². The first-order valence-corrected chi connectivity index (χ1v) is 6.30. The molecule has 0 aromatic heterocycles. The van der Waals surface area contributed by atoms with Crippen molar-refractivity contribution in [2.45, 2.75) is 41.9 Å². The maximum Gasteiger partial charge on any atom is 0.124 e. The summed E-state index contributed by atoms with van der Waals surface area (Å²) >= 11 is 1.79. The average molecular weight is 225 g/mol. The minimum absolute atomic E-state index is 0.146. The van der Waals surface area contributed by atoms with Crippen molar-refractivity contribution in [2.75, 3.05) is 0 Å². The maximum atomic E-state index is 13.0. The van der Waals surface area contributed by atoms with Crippen molar-refractivity contribution in [3.63, 3.8) is 0 Å². The molecular weight excluding hydrogens is 209 g/mol. The lowest BCUT2D eigenvalue weighted by atomic mass is 9.96. The van der Waals surface area contributed by atoms with Gasteiger partial charge in [-0.2, -0.15) is 0 Å². The van der Waals surface area contributed by atoms with Crippen molar-refractivity contribution in [3.8, 4) is 0 Å². The molecular formula is C12H16FNS. The van der Waals surface area contributed by atoms with Crippen LogP contribution >= 0.6 is 11.8 Å². The molecule has 1 aliphatic rings. The average Bonchev–Trinajstić information content (AvgIpc) is 2.22. The Morgan fingerprint density at radius 1 is 1.20 bits per heavy atom. The van der Waals surface area contributed by atoms with Gasteiger partial charge in [-0.15, -0.1) is 11.8 Å². The summed E-state index contributed by atoms with van der Waals surface area (Å²) in [5, 5.41) is 0.617. The third-order valence-electron chi connectivity index (χ3n) is 2.82. The molecule has 0 amide bonds. The molecule has 1 aromatic rings. The van der Waals surface area contributed by atoms with E-state index in [9.17, 15) is 4.39 Å². The van der Waals surface area contributed by atoms with Gasteiger partial charge in [-0.3, -0.25) is 0 Å². The van der Waals surface area contributed by atoms with Gasteiger partial charge in [0.25, 0.3) is 0 Å². The first kappa shape index (κ1) is 11.0. The van der Waals surface area contributed by atoms with Crippen LogP contribution in [-0.4, -0.2) is 11.3 Å². The third kappa shape index (κ3) is 3.21. The molecule has 3 heteroatoms. The number of nitrogens with two attached hydrogens (primary N) is 1. The largest absolute Gasteiger partial charge is 0.328 e. The van der Waals surface area contributed by atoms with Crippen molar-refractivity contribution >= 4 is 11.8 Å². The summed E-state index contributed by atoms with van der Waals surface area (Å²) in [6.07, 6.45) is 4.52. The lowest BCUT2D eigenvalue weighted by molar-refractivity contribution is 0.451. The Kier molecular flexibility index (Phi) is 3.65. The van der Waals surface area contributed by atoms with Crippen LogP contribution in [0.15, 0.2) is 29.2 Å². The van der Waals surface area contributed by atoms with Crippen molar-refractivity contribution in [2.24, 2.45) is 5.73 Å². The number of rotatable bonds is 2. The number of hydrogen-bond donors (Lipinski definition) is 1. The molecule has 15 heavy (non-hydrogen) atoms. The van der Waals surface area contributed by atoms with Crippen LogP contribution in [0.5, 0.6) is 0 Å². The van der Waals surface area contributed by atoms with E-state index >= 15 is 0 Å². The number of halogens is 1. The summed E-state index contributed by atoms with van der Waals surface area (Å²) in [6.45, 7) is 0. The van der Waals surface area contributed by atoms with Gasteiger partial charge in [-0.1, -0.05) is 6.07 Å². The Morgan fingerprint density at radius 3 is 2.60 bits per heavy atom. The van der Waals surface area contributed by atoms with Crippen LogP contribution in [0.2, 0.25) is 0 Å². The number of hydrogen-bond acceptors (Lipinski definition) is 2. The van der Waals surface area contributed by atoms with Gasteiger partial charge in [0.05, 0.1) is 0 Å². The highest BCUT2D eigenvalue weighted by molar-refractivity contribution is 8.00. The van der Waals surface area contributed by atoms with Crippen molar-refractivity contribution in [1.29, 1.82) is 0 Å². The normalized spacial score (nSPS) is 26.5. The molecule has 1 nitrogen and oxygen atoms in total. The van der Waals surface area contributed by atoms with Crippen molar-refractivity contribution in [1.82, 2.24) is 0 Å². The van der Waals surface area contributed by atoms with Crippen LogP contribution in [0.3, 0.4) is 0 Å². The van der Waals surface area contributed by atoms with Gasteiger partial charge in [0.1, 0.15) is 5.82 Å². The molecule has 0 bridgehead atoms. The topological polar surface area (TPSA) is 26.0 Å².